The molecule has 3 aromatic rings. The molecule has 8 nitrogen and oxygen atoms in total. The second kappa shape index (κ2) is 10.4. The van der Waals surface area contributed by atoms with Crippen LogP contribution in [-0.4, -0.2) is 35.6 Å². The number of urea groups is 1. The number of nitrogens with one attached hydrogen (secondary N) is 2. The molecule has 3 amide bonds. The van der Waals surface area contributed by atoms with Crippen LogP contribution >= 0.6 is 11.6 Å². The van der Waals surface area contributed by atoms with Crippen LogP contribution in [0.2, 0.25) is 5.02 Å². The van der Waals surface area contributed by atoms with Gasteiger partial charge in [0, 0.05) is 24.0 Å². The largest absolute Gasteiger partial charge is 0.433 e. The van der Waals surface area contributed by atoms with Crippen LogP contribution in [0.15, 0.2) is 66.9 Å². The molecule has 2 aromatic carbocycles. The summed E-state index contributed by atoms with van der Waals surface area (Å²) in [6.07, 6.45) is 1.50. The van der Waals surface area contributed by atoms with Crippen LogP contribution in [0, 0.1) is 0 Å². The van der Waals surface area contributed by atoms with Gasteiger partial charge in [0.05, 0.1) is 5.69 Å². The number of hydroxylamine groups is 2. The Balaban J connectivity index is 1.59. The van der Waals surface area contributed by atoms with E-state index in [0.717, 1.165) is 5.06 Å². The molecule has 2 N–H and O–H groups in total. The van der Waals surface area contributed by atoms with Gasteiger partial charge in [0.1, 0.15) is 11.4 Å². The molecule has 0 aliphatic heterocycles. The SMILES string of the molecule is CN(Oc1ccc(NC(=O)Nc2cc(Cl)ccc2OC(F)F)cc1)C(=O)c1ccccn1. The second-order valence-corrected chi connectivity index (χ2v) is 6.67. The molecule has 0 aliphatic rings. The molecule has 166 valence electrons. The number of carbonyl (C=O) groups excluding carboxylic acids is 2. The molecule has 3 rings (SSSR count). The van der Waals surface area contributed by atoms with Gasteiger partial charge in [-0.3, -0.25) is 9.78 Å². The lowest BCUT2D eigenvalue weighted by molar-refractivity contribution is -0.0493. The maximum Gasteiger partial charge on any atom is 0.387 e. The van der Waals surface area contributed by atoms with Gasteiger partial charge in [0.2, 0.25) is 0 Å². The summed E-state index contributed by atoms with van der Waals surface area (Å²) in [5.74, 6) is -0.329. The number of aromatic nitrogens is 1. The third-order valence-corrected chi connectivity index (χ3v) is 4.17. The van der Waals surface area contributed by atoms with Crippen LogP contribution < -0.4 is 20.2 Å². The van der Waals surface area contributed by atoms with E-state index in [4.69, 9.17) is 16.4 Å². The fourth-order valence-electron chi connectivity index (χ4n) is 2.53. The molecular weight excluding hydrogens is 446 g/mol. The average molecular weight is 463 g/mol. The van der Waals surface area contributed by atoms with E-state index in [2.05, 4.69) is 20.4 Å². The Kier molecular flexibility index (Phi) is 7.40. The maximum absolute atomic E-state index is 12.5. The third-order valence-electron chi connectivity index (χ3n) is 3.93. The van der Waals surface area contributed by atoms with Gasteiger partial charge in [0.15, 0.2) is 5.75 Å². The highest BCUT2D eigenvalue weighted by Gasteiger charge is 2.15. The number of halogens is 3. The minimum Gasteiger partial charge on any atom is -0.433 e. The Bertz CT molecular complexity index is 1080. The van der Waals surface area contributed by atoms with E-state index in [-0.39, 0.29) is 22.2 Å². The molecule has 0 unspecified atom stereocenters. The molecule has 0 spiro atoms. The lowest BCUT2D eigenvalue weighted by Gasteiger charge is -2.17. The van der Waals surface area contributed by atoms with Crippen LogP contribution in [0.5, 0.6) is 11.5 Å². The number of carbonyl (C=O) groups is 2. The molecular formula is C21H17ClF2N4O4. The molecule has 11 heteroatoms. The summed E-state index contributed by atoms with van der Waals surface area (Å²) in [5.41, 5.74) is 0.581. The summed E-state index contributed by atoms with van der Waals surface area (Å²) in [4.78, 5) is 33.9. The number of nitrogens with zero attached hydrogens (tertiary/aromatic N) is 2. The lowest BCUT2D eigenvalue weighted by Crippen LogP contribution is -2.30. The molecule has 1 aromatic heterocycles. The van der Waals surface area contributed by atoms with E-state index in [0.29, 0.717) is 11.4 Å². The standard InChI is InChI=1S/C21H17ClF2N4O4/c1-28(19(29)16-4-2-3-11-25-16)32-15-8-6-14(7-9-15)26-21(30)27-17-12-13(22)5-10-18(17)31-20(23)24/h2-12,20H,1H3,(H2,26,27,30). The predicted molar refractivity (Wildman–Crippen MR) is 114 cm³/mol. The molecule has 0 fully saturated rings. The van der Waals surface area contributed by atoms with Gasteiger partial charge >= 0.3 is 18.5 Å². The fourth-order valence-corrected chi connectivity index (χ4v) is 2.70. The van der Waals surface area contributed by atoms with E-state index < -0.39 is 18.5 Å². The summed E-state index contributed by atoms with van der Waals surface area (Å²) in [6, 6.07) is 14.2. The zero-order valence-corrected chi connectivity index (χ0v) is 17.3. The quantitative estimate of drug-likeness (QED) is 0.479. The Morgan fingerprint density at radius 3 is 2.47 bits per heavy atom. The first-order valence-electron chi connectivity index (χ1n) is 9.11. The van der Waals surface area contributed by atoms with Crippen LogP contribution in [0.3, 0.4) is 0 Å². The van der Waals surface area contributed by atoms with Gasteiger partial charge in [-0.2, -0.15) is 13.8 Å². The van der Waals surface area contributed by atoms with Crippen LogP contribution in [-0.2, 0) is 0 Å². The molecule has 0 radical (unpaired) electrons. The summed E-state index contributed by atoms with van der Waals surface area (Å²) in [7, 11) is 1.45. The second-order valence-electron chi connectivity index (χ2n) is 6.23. The number of amides is 3. The minimum absolute atomic E-state index is 0.0232. The van der Waals surface area contributed by atoms with Crippen molar-refractivity contribution in [2.24, 2.45) is 0 Å². The summed E-state index contributed by atoms with van der Waals surface area (Å²) >= 11 is 5.86. The normalized spacial score (nSPS) is 10.4. The van der Waals surface area contributed by atoms with Crippen molar-refractivity contribution < 1.29 is 27.9 Å². The molecule has 1 heterocycles. The third kappa shape index (κ3) is 6.29. The summed E-state index contributed by atoms with van der Waals surface area (Å²) in [6.45, 7) is -3.06. The van der Waals surface area contributed by atoms with E-state index in [1.54, 1.807) is 18.2 Å². The van der Waals surface area contributed by atoms with Crippen LogP contribution in [0.25, 0.3) is 0 Å². The van der Waals surface area contributed by atoms with Gasteiger partial charge in [-0.25, -0.2) is 4.79 Å². The van der Waals surface area contributed by atoms with E-state index in [9.17, 15) is 18.4 Å². The average Bonchev–Trinajstić information content (AvgIpc) is 2.76. The summed E-state index contributed by atoms with van der Waals surface area (Å²) < 4.78 is 29.4. The molecule has 0 saturated heterocycles. The van der Waals surface area contributed by atoms with Gasteiger partial charge in [-0.1, -0.05) is 17.7 Å². The van der Waals surface area contributed by atoms with E-state index >= 15 is 0 Å². The number of hydrogen-bond acceptors (Lipinski definition) is 5. The number of ether oxygens (including phenoxy) is 1. The molecule has 0 saturated carbocycles. The number of hydrogen-bond donors (Lipinski definition) is 2. The monoisotopic (exact) mass is 462 g/mol. The zero-order chi connectivity index (χ0) is 23.1. The number of rotatable bonds is 7. The first-order chi connectivity index (χ1) is 15.3. The van der Waals surface area contributed by atoms with Crippen molar-refractivity contribution in [2.75, 3.05) is 17.7 Å². The summed E-state index contributed by atoms with van der Waals surface area (Å²) in [5, 5.41) is 6.20. The minimum atomic E-state index is -3.06. The molecule has 0 atom stereocenters. The first kappa shape index (κ1) is 22.8. The molecule has 0 bridgehead atoms. The van der Waals surface area contributed by atoms with Gasteiger partial charge in [-0.05, 0) is 54.6 Å². The van der Waals surface area contributed by atoms with Crippen molar-refractivity contribution in [3.05, 3.63) is 77.6 Å². The van der Waals surface area contributed by atoms with Gasteiger partial charge < -0.3 is 20.2 Å². The van der Waals surface area contributed by atoms with Crippen LogP contribution in [0.4, 0.5) is 25.0 Å². The van der Waals surface area contributed by atoms with E-state index in [1.807, 2.05) is 0 Å². The predicted octanol–water partition coefficient (Wildman–Crippen LogP) is 5.05. The Labute approximate surface area is 186 Å². The smallest absolute Gasteiger partial charge is 0.387 e. The van der Waals surface area contributed by atoms with E-state index in [1.165, 1.54) is 55.7 Å². The van der Waals surface area contributed by atoms with Gasteiger partial charge in [-0.15, -0.1) is 0 Å². The maximum atomic E-state index is 12.5. The van der Waals surface area contributed by atoms with Crippen molar-refractivity contribution >= 4 is 34.9 Å². The number of pyridine rings is 1. The molecule has 0 aliphatic carbocycles. The van der Waals surface area contributed by atoms with Crippen molar-refractivity contribution in [1.29, 1.82) is 0 Å². The highest BCUT2D eigenvalue weighted by atomic mass is 35.5. The topological polar surface area (TPSA) is 92.8 Å². The molecule has 32 heavy (non-hydrogen) atoms. The van der Waals surface area contributed by atoms with Crippen molar-refractivity contribution in [2.45, 2.75) is 6.61 Å². The number of anilines is 2. The number of alkyl halides is 2. The lowest BCUT2D eigenvalue weighted by atomic mass is 10.3. The Morgan fingerprint density at radius 1 is 1.06 bits per heavy atom. The van der Waals surface area contributed by atoms with Gasteiger partial charge in [0.25, 0.3) is 0 Å². The first-order valence-corrected chi connectivity index (χ1v) is 9.49. The fraction of sp³-hybridized carbons (Fsp3) is 0.0952. The highest BCUT2D eigenvalue weighted by Crippen LogP contribution is 2.29. The van der Waals surface area contributed by atoms with Crippen molar-refractivity contribution in [1.82, 2.24) is 10.0 Å². The van der Waals surface area contributed by atoms with Crippen LogP contribution in [0.1, 0.15) is 10.5 Å². The van der Waals surface area contributed by atoms with Crippen molar-refractivity contribution in [3.63, 3.8) is 0 Å². The zero-order valence-electron chi connectivity index (χ0n) is 16.6. The number of benzene rings is 2. The van der Waals surface area contributed by atoms with Crippen molar-refractivity contribution in [3.8, 4) is 11.5 Å². The highest BCUT2D eigenvalue weighted by molar-refractivity contribution is 6.31. The Morgan fingerprint density at radius 2 is 1.81 bits per heavy atom. The Hall–Kier alpha value is -3.92.